The smallest absolute Gasteiger partial charge is 0.0754 e. The third-order valence-electron chi connectivity index (χ3n) is 16.9. The van der Waals surface area contributed by atoms with Gasteiger partial charge in [0.2, 0.25) is 0 Å². The van der Waals surface area contributed by atoms with E-state index in [0.717, 1.165) is 22.7 Å². The summed E-state index contributed by atoms with van der Waals surface area (Å²) in [5.74, 6) is 0. The molecule has 2 aliphatic carbocycles. The molecule has 2 heterocycles. The van der Waals surface area contributed by atoms with Crippen LogP contribution < -0.4 is 9.80 Å². The molecule has 0 saturated heterocycles. The van der Waals surface area contributed by atoms with Crippen LogP contribution in [0.1, 0.15) is 44.5 Å². The summed E-state index contributed by atoms with van der Waals surface area (Å²) in [4.78, 5) is 4.94. The normalized spacial score (nSPS) is 15.1. The van der Waals surface area contributed by atoms with E-state index < -0.39 is 10.8 Å². The molecule has 13 aromatic rings. The molecule has 0 fully saturated rings. The van der Waals surface area contributed by atoms with Gasteiger partial charge in [-0.15, -0.1) is 11.3 Å². The van der Waals surface area contributed by atoms with Crippen molar-refractivity contribution in [3.05, 3.63) is 336 Å². The highest BCUT2D eigenvalue weighted by atomic mass is 32.1. The lowest BCUT2D eigenvalue weighted by molar-refractivity contribution is 0.754. The topological polar surface area (TPSA) is 6.48 Å². The van der Waals surface area contributed by atoms with Crippen molar-refractivity contribution in [2.24, 2.45) is 0 Å². The highest BCUT2D eigenvalue weighted by Gasteiger charge is 2.53. The average molecular weight is 997 g/mol. The zero-order valence-electron chi connectivity index (χ0n) is 42.0. The molecule has 2 nitrogen and oxygen atoms in total. The summed E-state index contributed by atoms with van der Waals surface area (Å²) in [5.41, 5.74) is 23.6. The summed E-state index contributed by atoms with van der Waals surface area (Å²) >= 11 is 1.86. The average Bonchev–Trinajstić information content (AvgIpc) is 4.32. The first-order valence-electron chi connectivity index (χ1n) is 26.7. The number of para-hydroxylation sites is 2. The fourth-order valence-electron chi connectivity index (χ4n) is 13.8. The molecule has 1 unspecified atom stereocenters. The molecular formula is C74H48N2S. The fraction of sp³-hybridized carbons (Fsp3) is 0.0270. The van der Waals surface area contributed by atoms with Crippen LogP contribution in [0.15, 0.2) is 291 Å². The number of hydrogen-bond acceptors (Lipinski definition) is 3. The van der Waals surface area contributed by atoms with E-state index >= 15 is 0 Å². The number of benzene rings is 12. The monoisotopic (exact) mass is 996 g/mol. The maximum atomic E-state index is 2.49. The molecule has 0 radical (unpaired) electrons. The van der Waals surface area contributed by atoms with Crippen LogP contribution in [0.3, 0.4) is 0 Å². The van der Waals surface area contributed by atoms with E-state index in [-0.39, 0.29) is 0 Å². The Morgan fingerprint density at radius 1 is 0.299 bits per heavy atom. The van der Waals surface area contributed by atoms with Crippen molar-refractivity contribution in [3.8, 4) is 33.4 Å². The van der Waals surface area contributed by atoms with Gasteiger partial charge in [-0.3, -0.25) is 0 Å². The van der Waals surface area contributed by atoms with Gasteiger partial charge in [-0.1, -0.05) is 212 Å². The van der Waals surface area contributed by atoms with E-state index in [9.17, 15) is 0 Å². The summed E-state index contributed by atoms with van der Waals surface area (Å²) in [6, 6.07) is 109. The van der Waals surface area contributed by atoms with Gasteiger partial charge in [-0.25, -0.2) is 0 Å². The van der Waals surface area contributed by atoms with Gasteiger partial charge >= 0.3 is 0 Å². The summed E-state index contributed by atoms with van der Waals surface area (Å²) in [5, 5.41) is 2.56. The SMILES string of the molecule is c1ccc(N2c3ccccc3C3(c4ccccc4)c4cc(-c5ccc(N(c6ccc7c(c6)C(c6ccccc6)(c6ccccc6)c6ccccc6-7)c6ccc7sc8ccccc8c7c6)cc5)ccc4-c4cccc2c43)cc1. The molecular weight excluding hydrogens is 949 g/mol. The predicted molar refractivity (Wildman–Crippen MR) is 322 cm³/mol. The van der Waals surface area contributed by atoms with Gasteiger partial charge in [0.15, 0.2) is 0 Å². The Bertz CT molecular complexity index is 4410. The standard InChI is InChI=1S/C74H48N2S/c1-5-20-51(21-6-1)73(52-22-7-2-8-23-52)64-31-15-13-28-58(64)59-44-41-57(48-67(59)73)75(56-42-45-71-63(47-56)61-29-14-18-35-70(61)77-71)55-39-36-49(37-40-55)50-38-43-60-62-30-19-34-69-72(62)74(66(60)46-50,53-24-9-3-10-25-53)65-32-16-17-33-68(65)76(69)54-26-11-4-12-27-54/h1-48H. The van der Waals surface area contributed by atoms with Crippen molar-refractivity contribution in [1.82, 2.24) is 0 Å². The molecule has 0 N–H and O–H groups in total. The van der Waals surface area contributed by atoms with Crippen LogP contribution in [-0.2, 0) is 10.8 Å². The Morgan fingerprint density at radius 3 is 1.56 bits per heavy atom. The van der Waals surface area contributed by atoms with Crippen molar-refractivity contribution >= 4 is 65.6 Å². The Hall–Kier alpha value is -9.54. The zero-order valence-corrected chi connectivity index (χ0v) is 42.8. The van der Waals surface area contributed by atoms with E-state index in [2.05, 4.69) is 301 Å². The van der Waals surface area contributed by atoms with Crippen molar-refractivity contribution in [3.63, 3.8) is 0 Å². The number of nitrogens with zero attached hydrogens (tertiary/aromatic N) is 2. The van der Waals surface area contributed by atoms with Crippen LogP contribution in [0.4, 0.5) is 34.1 Å². The van der Waals surface area contributed by atoms with E-state index in [1.54, 1.807) is 0 Å². The van der Waals surface area contributed by atoms with Crippen molar-refractivity contribution in [2.45, 2.75) is 10.8 Å². The molecule has 1 aliphatic heterocycles. The van der Waals surface area contributed by atoms with Gasteiger partial charge in [0.25, 0.3) is 0 Å². The lowest BCUT2D eigenvalue weighted by Crippen LogP contribution is -2.35. The second kappa shape index (κ2) is 17.0. The van der Waals surface area contributed by atoms with Gasteiger partial charge < -0.3 is 9.80 Å². The summed E-state index contributed by atoms with van der Waals surface area (Å²) in [6.45, 7) is 0. The highest BCUT2D eigenvalue weighted by molar-refractivity contribution is 7.25. The van der Waals surface area contributed by atoms with E-state index in [1.165, 1.54) is 109 Å². The van der Waals surface area contributed by atoms with Crippen molar-refractivity contribution in [2.75, 3.05) is 9.80 Å². The van der Waals surface area contributed by atoms with Crippen molar-refractivity contribution < 1.29 is 0 Å². The van der Waals surface area contributed by atoms with Crippen LogP contribution in [-0.4, -0.2) is 0 Å². The molecule has 0 saturated carbocycles. The maximum Gasteiger partial charge on any atom is 0.0754 e. The van der Waals surface area contributed by atoms with E-state index in [0.29, 0.717) is 0 Å². The molecule has 360 valence electrons. The predicted octanol–water partition coefficient (Wildman–Crippen LogP) is 19.7. The largest absolute Gasteiger partial charge is 0.310 e. The van der Waals surface area contributed by atoms with Crippen LogP contribution in [0, 0.1) is 0 Å². The zero-order chi connectivity index (χ0) is 50.7. The summed E-state index contributed by atoms with van der Waals surface area (Å²) in [6.07, 6.45) is 0. The molecule has 77 heavy (non-hydrogen) atoms. The van der Waals surface area contributed by atoms with Gasteiger partial charge in [-0.2, -0.15) is 0 Å². The first kappa shape index (κ1) is 43.8. The first-order chi connectivity index (χ1) is 38.2. The van der Waals surface area contributed by atoms with E-state index in [1.807, 2.05) is 11.3 Å². The van der Waals surface area contributed by atoms with Gasteiger partial charge in [0.05, 0.1) is 22.2 Å². The molecule has 16 rings (SSSR count). The minimum absolute atomic E-state index is 0.530. The van der Waals surface area contributed by atoms with Crippen LogP contribution in [0.25, 0.3) is 53.6 Å². The molecule has 0 bridgehead atoms. The minimum atomic E-state index is -0.538. The Kier molecular flexibility index (Phi) is 9.67. The molecule has 3 heteroatoms. The third-order valence-corrected chi connectivity index (χ3v) is 18.1. The molecule has 0 amide bonds. The van der Waals surface area contributed by atoms with E-state index in [4.69, 9.17) is 0 Å². The fourth-order valence-corrected chi connectivity index (χ4v) is 14.9. The second-order valence-corrected chi connectivity index (χ2v) is 21.8. The molecule has 3 aliphatic rings. The Balaban J connectivity index is 0.878. The van der Waals surface area contributed by atoms with Crippen LogP contribution in [0.2, 0.25) is 0 Å². The minimum Gasteiger partial charge on any atom is -0.310 e. The number of fused-ring (bicyclic) bond motifs is 11. The quantitative estimate of drug-likeness (QED) is 0.150. The van der Waals surface area contributed by atoms with Gasteiger partial charge in [0, 0.05) is 48.5 Å². The molecule has 1 aromatic heterocycles. The number of thiophene rings is 1. The van der Waals surface area contributed by atoms with Gasteiger partial charge in [0.1, 0.15) is 0 Å². The lowest BCUT2D eigenvalue weighted by Gasteiger charge is -2.44. The lowest BCUT2D eigenvalue weighted by atomic mass is 9.64. The Morgan fingerprint density at radius 2 is 0.805 bits per heavy atom. The highest BCUT2D eigenvalue weighted by Crippen LogP contribution is 2.65. The maximum absolute atomic E-state index is 2.49. The molecule has 1 atom stereocenters. The third kappa shape index (κ3) is 6.23. The summed E-state index contributed by atoms with van der Waals surface area (Å²) < 4.78 is 2.59. The van der Waals surface area contributed by atoms with Crippen LogP contribution in [0.5, 0.6) is 0 Å². The Labute approximate surface area is 452 Å². The first-order valence-corrected chi connectivity index (χ1v) is 27.5. The number of anilines is 6. The second-order valence-electron chi connectivity index (χ2n) is 20.7. The number of rotatable bonds is 8. The van der Waals surface area contributed by atoms with Crippen molar-refractivity contribution in [1.29, 1.82) is 0 Å². The molecule has 0 spiro atoms. The van der Waals surface area contributed by atoms with Crippen LogP contribution >= 0.6 is 11.3 Å². The van der Waals surface area contributed by atoms with Gasteiger partial charge in [-0.05, 0) is 151 Å². The number of hydrogen-bond donors (Lipinski definition) is 0. The summed E-state index contributed by atoms with van der Waals surface area (Å²) in [7, 11) is 0. The molecule has 12 aromatic carbocycles.